The van der Waals surface area contributed by atoms with Crippen LogP contribution in [0.3, 0.4) is 0 Å². The number of hydrogen-bond acceptors (Lipinski definition) is 5. The van der Waals surface area contributed by atoms with Crippen LogP contribution >= 0.6 is 0 Å². The van der Waals surface area contributed by atoms with E-state index in [1.165, 1.54) is 12.1 Å². The van der Waals surface area contributed by atoms with Gasteiger partial charge in [-0.05, 0) is 58.6 Å². The third kappa shape index (κ3) is 5.18. The quantitative estimate of drug-likeness (QED) is 0.720. The van der Waals surface area contributed by atoms with Gasteiger partial charge in [0.15, 0.2) is 0 Å². The van der Waals surface area contributed by atoms with E-state index in [0.29, 0.717) is 5.92 Å². The van der Waals surface area contributed by atoms with Gasteiger partial charge in [-0.1, -0.05) is 17.7 Å². The van der Waals surface area contributed by atoms with Crippen molar-refractivity contribution in [3.8, 4) is 0 Å². The standard InChI is InChI=1S/C11H20N2O2.C7H8O3S/c1-11(2,3)15-10(14)13-5-4-7-6-8(12)9(7)13;1-6-2-4-7(5-3-6)11(8,9)10/h7-9H,4-6,12H2,1-3H3;2-5H,1H3,(H,8,9,10). The summed E-state index contributed by atoms with van der Waals surface area (Å²) in [5, 5.41) is 0. The van der Waals surface area contributed by atoms with Gasteiger partial charge in [0.05, 0.1) is 10.9 Å². The largest absolute Gasteiger partial charge is 0.444 e. The molecule has 1 aromatic carbocycles. The zero-order chi connectivity index (χ0) is 19.7. The summed E-state index contributed by atoms with van der Waals surface area (Å²) < 4.78 is 34.9. The molecule has 0 aromatic heterocycles. The van der Waals surface area contributed by atoms with Crippen LogP contribution < -0.4 is 5.73 Å². The molecule has 26 heavy (non-hydrogen) atoms. The molecule has 1 amide bonds. The Labute approximate surface area is 155 Å². The van der Waals surface area contributed by atoms with Crippen LogP contribution in [0.15, 0.2) is 29.2 Å². The summed E-state index contributed by atoms with van der Waals surface area (Å²) in [6.45, 7) is 8.31. The second-order valence-corrected chi connectivity index (χ2v) is 9.32. The number of hydrogen-bond donors (Lipinski definition) is 2. The van der Waals surface area contributed by atoms with Crippen LogP contribution in [-0.2, 0) is 14.9 Å². The minimum absolute atomic E-state index is 0.0666. The first-order chi connectivity index (χ1) is 11.9. The van der Waals surface area contributed by atoms with Gasteiger partial charge in [0.2, 0.25) is 0 Å². The Kier molecular flexibility index (Phi) is 5.99. The molecule has 3 rings (SSSR count). The second kappa shape index (κ2) is 7.54. The van der Waals surface area contributed by atoms with Crippen molar-refractivity contribution in [2.45, 2.75) is 63.1 Å². The molecule has 146 valence electrons. The van der Waals surface area contributed by atoms with Crippen LogP contribution in [0, 0.1) is 12.8 Å². The highest BCUT2D eigenvalue weighted by atomic mass is 32.2. The van der Waals surface area contributed by atoms with E-state index in [4.69, 9.17) is 15.0 Å². The summed E-state index contributed by atoms with van der Waals surface area (Å²) in [6, 6.07) is 6.38. The van der Waals surface area contributed by atoms with Crippen LogP contribution in [0.5, 0.6) is 0 Å². The molecule has 0 bridgehead atoms. The Morgan fingerprint density at radius 1 is 1.27 bits per heavy atom. The van der Waals surface area contributed by atoms with Gasteiger partial charge in [-0.15, -0.1) is 0 Å². The van der Waals surface area contributed by atoms with Crippen LogP contribution in [0.1, 0.15) is 39.2 Å². The molecule has 0 radical (unpaired) electrons. The summed E-state index contributed by atoms with van der Waals surface area (Å²) >= 11 is 0. The van der Waals surface area contributed by atoms with E-state index in [0.717, 1.165) is 24.9 Å². The van der Waals surface area contributed by atoms with E-state index < -0.39 is 15.7 Å². The van der Waals surface area contributed by atoms with Gasteiger partial charge >= 0.3 is 6.09 Å². The van der Waals surface area contributed by atoms with Crippen LogP contribution in [0.25, 0.3) is 0 Å². The number of aryl methyl sites for hydroxylation is 1. The first-order valence-corrected chi connectivity index (χ1v) is 10.1. The highest BCUT2D eigenvalue weighted by Crippen LogP contribution is 2.40. The fourth-order valence-electron chi connectivity index (χ4n) is 3.25. The summed E-state index contributed by atoms with van der Waals surface area (Å²) in [4.78, 5) is 13.6. The lowest BCUT2D eigenvalue weighted by Crippen LogP contribution is -2.58. The molecular weight excluding hydrogens is 356 g/mol. The number of benzene rings is 1. The summed E-state index contributed by atoms with van der Waals surface area (Å²) in [5.41, 5.74) is 6.45. The molecule has 7 nitrogen and oxygen atoms in total. The summed E-state index contributed by atoms with van der Waals surface area (Å²) in [7, 11) is -4.02. The summed E-state index contributed by atoms with van der Waals surface area (Å²) in [6.07, 6.45) is 1.94. The number of rotatable bonds is 1. The molecular formula is C18H28N2O5S. The first kappa shape index (κ1) is 20.7. The number of ether oxygens (including phenoxy) is 1. The predicted molar refractivity (Wildman–Crippen MR) is 98.4 cm³/mol. The van der Waals surface area contributed by atoms with Crippen molar-refractivity contribution in [1.29, 1.82) is 0 Å². The van der Waals surface area contributed by atoms with Crippen molar-refractivity contribution in [3.63, 3.8) is 0 Å². The van der Waals surface area contributed by atoms with Crippen molar-refractivity contribution < 1.29 is 22.5 Å². The molecule has 8 heteroatoms. The Morgan fingerprint density at radius 3 is 2.31 bits per heavy atom. The molecule has 3 atom stereocenters. The molecule has 1 heterocycles. The third-order valence-electron chi connectivity index (χ3n) is 4.54. The van der Waals surface area contributed by atoms with Crippen molar-refractivity contribution in [2.24, 2.45) is 11.7 Å². The van der Waals surface area contributed by atoms with E-state index in [2.05, 4.69) is 0 Å². The lowest BCUT2D eigenvalue weighted by Gasteiger charge is -2.42. The number of amides is 1. The fraction of sp³-hybridized carbons (Fsp3) is 0.611. The Balaban J connectivity index is 0.000000197. The van der Waals surface area contributed by atoms with Gasteiger partial charge in [-0.2, -0.15) is 8.42 Å². The fourth-order valence-corrected chi connectivity index (χ4v) is 3.73. The maximum atomic E-state index is 11.8. The molecule has 1 saturated carbocycles. The van der Waals surface area contributed by atoms with Gasteiger partial charge in [-0.3, -0.25) is 4.55 Å². The highest BCUT2D eigenvalue weighted by molar-refractivity contribution is 7.85. The lowest BCUT2D eigenvalue weighted by molar-refractivity contribution is 0.00928. The van der Waals surface area contributed by atoms with Crippen molar-refractivity contribution >= 4 is 16.2 Å². The van der Waals surface area contributed by atoms with Gasteiger partial charge in [-0.25, -0.2) is 4.79 Å². The smallest absolute Gasteiger partial charge is 0.410 e. The van der Waals surface area contributed by atoms with E-state index in [9.17, 15) is 13.2 Å². The Bertz CT molecular complexity index is 740. The van der Waals surface area contributed by atoms with E-state index in [1.807, 2.05) is 32.6 Å². The molecule has 2 fully saturated rings. The number of nitrogens with two attached hydrogens (primary N) is 1. The van der Waals surface area contributed by atoms with Gasteiger partial charge in [0.1, 0.15) is 5.60 Å². The van der Waals surface area contributed by atoms with Crippen molar-refractivity contribution in [1.82, 2.24) is 4.90 Å². The van der Waals surface area contributed by atoms with E-state index in [-0.39, 0.29) is 23.1 Å². The summed E-state index contributed by atoms with van der Waals surface area (Å²) in [5.74, 6) is 0.618. The van der Waals surface area contributed by atoms with Gasteiger partial charge < -0.3 is 15.4 Å². The molecule has 1 aliphatic carbocycles. The molecule has 3 N–H and O–H groups in total. The van der Waals surface area contributed by atoms with Crippen molar-refractivity contribution in [3.05, 3.63) is 29.8 Å². The minimum atomic E-state index is -4.02. The normalized spacial score (nSPS) is 24.8. The molecule has 1 aromatic rings. The number of likely N-dealkylation sites (tertiary alicyclic amines) is 1. The van der Waals surface area contributed by atoms with Crippen LogP contribution in [0.2, 0.25) is 0 Å². The third-order valence-corrected chi connectivity index (χ3v) is 5.41. The number of carbonyl (C=O) groups excluding carboxylic acids is 1. The Hall–Kier alpha value is -1.64. The zero-order valence-electron chi connectivity index (χ0n) is 15.7. The monoisotopic (exact) mass is 384 g/mol. The van der Waals surface area contributed by atoms with Gasteiger partial charge in [0, 0.05) is 12.6 Å². The maximum Gasteiger partial charge on any atom is 0.410 e. The predicted octanol–water partition coefficient (Wildman–Crippen LogP) is 2.58. The number of fused-ring (bicyclic) bond motifs is 1. The Morgan fingerprint density at radius 2 is 1.85 bits per heavy atom. The SMILES string of the molecule is CC(C)(C)OC(=O)N1CCC2CC(N)C21.Cc1ccc(S(=O)(=O)O)cc1. The molecule has 1 aliphatic heterocycles. The topological polar surface area (TPSA) is 110 Å². The zero-order valence-corrected chi connectivity index (χ0v) is 16.5. The first-order valence-electron chi connectivity index (χ1n) is 8.68. The minimum Gasteiger partial charge on any atom is -0.444 e. The highest BCUT2D eigenvalue weighted by Gasteiger charge is 2.49. The molecule has 0 spiro atoms. The average molecular weight is 384 g/mol. The van der Waals surface area contributed by atoms with Crippen molar-refractivity contribution in [2.75, 3.05) is 6.54 Å². The van der Waals surface area contributed by atoms with E-state index >= 15 is 0 Å². The maximum absolute atomic E-state index is 11.8. The number of carbonyl (C=O) groups is 1. The average Bonchev–Trinajstić information content (AvgIpc) is 2.83. The second-order valence-electron chi connectivity index (χ2n) is 7.90. The molecule has 3 unspecified atom stereocenters. The van der Waals surface area contributed by atoms with Crippen LogP contribution in [-0.4, -0.2) is 48.2 Å². The molecule has 1 saturated heterocycles. The lowest BCUT2D eigenvalue weighted by atomic mass is 9.76. The van der Waals surface area contributed by atoms with E-state index in [1.54, 1.807) is 12.1 Å². The molecule has 2 aliphatic rings. The number of nitrogens with zero attached hydrogens (tertiary/aromatic N) is 1. The van der Waals surface area contributed by atoms with Gasteiger partial charge in [0.25, 0.3) is 10.1 Å². The van der Waals surface area contributed by atoms with Crippen LogP contribution in [0.4, 0.5) is 4.79 Å².